The number of carbonyl (C=O) groups excluding carboxylic acids is 1. The van der Waals surface area contributed by atoms with Gasteiger partial charge in [0.15, 0.2) is 0 Å². The summed E-state index contributed by atoms with van der Waals surface area (Å²) in [5.74, 6) is -0.427. The van der Waals surface area contributed by atoms with Crippen LogP contribution in [0.15, 0.2) is 35.0 Å². The number of hydrogen-bond acceptors (Lipinski definition) is 5. The lowest BCUT2D eigenvalue weighted by atomic mass is 10.1. The lowest BCUT2D eigenvalue weighted by Gasteiger charge is -2.09. The molecule has 1 aromatic carbocycles. The Morgan fingerprint density at radius 1 is 1.26 bits per heavy atom. The Balaban J connectivity index is 1.70. The standard InChI is InChI=1S/C19H20N4O4/c1-11-16(13(3)27-22-11)7-8-18(24)21-14-5-4-6-15(9-14)23-12(2)17(10-20-23)19(25)26/h4-6,9-10H,7-8H2,1-3H3,(H,21,24)(H,25,26). The summed E-state index contributed by atoms with van der Waals surface area (Å²) >= 11 is 0. The predicted octanol–water partition coefficient (Wildman–Crippen LogP) is 3.06. The molecular weight excluding hydrogens is 348 g/mol. The number of aryl methyl sites for hydroxylation is 2. The van der Waals surface area contributed by atoms with Crippen molar-refractivity contribution in [1.82, 2.24) is 14.9 Å². The van der Waals surface area contributed by atoms with Gasteiger partial charge in [0, 0.05) is 17.7 Å². The Kier molecular flexibility index (Phi) is 5.07. The highest BCUT2D eigenvalue weighted by Gasteiger charge is 2.15. The molecule has 0 radical (unpaired) electrons. The van der Waals surface area contributed by atoms with Crippen molar-refractivity contribution in [3.63, 3.8) is 0 Å². The van der Waals surface area contributed by atoms with Crippen LogP contribution in [0.2, 0.25) is 0 Å². The molecule has 27 heavy (non-hydrogen) atoms. The number of hydrogen-bond donors (Lipinski definition) is 2. The van der Waals surface area contributed by atoms with Crippen molar-refractivity contribution in [3.8, 4) is 5.69 Å². The van der Waals surface area contributed by atoms with E-state index in [0.717, 1.165) is 17.0 Å². The van der Waals surface area contributed by atoms with Gasteiger partial charge in [-0.1, -0.05) is 11.2 Å². The number of carboxylic acid groups (broad SMARTS) is 1. The first-order valence-electron chi connectivity index (χ1n) is 8.46. The number of aromatic carboxylic acids is 1. The molecule has 140 valence electrons. The average molecular weight is 368 g/mol. The number of carbonyl (C=O) groups is 2. The molecule has 0 aliphatic carbocycles. The molecule has 2 aromatic heterocycles. The van der Waals surface area contributed by atoms with E-state index in [0.29, 0.717) is 29.9 Å². The van der Waals surface area contributed by atoms with Crippen molar-refractivity contribution in [1.29, 1.82) is 0 Å². The highest BCUT2D eigenvalue weighted by Crippen LogP contribution is 2.19. The van der Waals surface area contributed by atoms with Gasteiger partial charge >= 0.3 is 5.97 Å². The van der Waals surface area contributed by atoms with Crippen molar-refractivity contribution < 1.29 is 19.2 Å². The number of rotatable bonds is 6. The zero-order valence-electron chi connectivity index (χ0n) is 15.3. The fourth-order valence-electron chi connectivity index (χ4n) is 2.92. The molecule has 8 heteroatoms. The summed E-state index contributed by atoms with van der Waals surface area (Å²) in [5.41, 5.74) is 3.69. The molecule has 3 aromatic rings. The lowest BCUT2D eigenvalue weighted by Crippen LogP contribution is -2.13. The Morgan fingerprint density at radius 3 is 2.67 bits per heavy atom. The number of aromatic nitrogens is 3. The summed E-state index contributed by atoms with van der Waals surface area (Å²) < 4.78 is 6.64. The number of anilines is 1. The van der Waals surface area contributed by atoms with Crippen molar-refractivity contribution in [2.45, 2.75) is 33.6 Å². The third kappa shape index (κ3) is 3.89. The molecule has 3 rings (SSSR count). The molecule has 0 unspecified atom stereocenters. The van der Waals surface area contributed by atoms with Crippen LogP contribution in [-0.4, -0.2) is 31.9 Å². The Morgan fingerprint density at radius 2 is 2.04 bits per heavy atom. The molecule has 1 amide bonds. The fourth-order valence-corrected chi connectivity index (χ4v) is 2.92. The number of carboxylic acids is 1. The molecule has 0 spiro atoms. The van der Waals surface area contributed by atoms with E-state index in [4.69, 9.17) is 9.63 Å². The Bertz CT molecular complexity index is 984. The fraction of sp³-hybridized carbons (Fsp3) is 0.263. The number of nitrogens with one attached hydrogen (secondary N) is 1. The average Bonchev–Trinajstić information content (AvgIpc) is 3.16. The van der Waals surface area contributed by atoms with E-state index in [1.54, 1.807) is 31.2 Å². The van der Waals surface area contributed by atoms with Crippen molar-refractivity contribution in [2.75, 3.05) is 5.32 Å². The van der Waals surface area contributed by atoms with E-state index in [1.165, 1.54) is 10.9 Å². The highest BCUT2D eigenvalue weighted by atomic mass is 16.5. The van der Waals surface area contributed by atoms with Crippen LogP contribution in [0.25, 0.3) is 5.69 Å². The van der Waals surface area contributed by atoms with Gasteiger partial charge in [-0.15, -0.1) is 0 Å². The monoisotopic (exact) mass is 368 g/mol. The SMILES string of the molecule is Cc1noc(C)c1CCC(=O)Nc1cccc(-n2ncc(C(=O)O)c2C)c1. The van der Waals surface area contributed by atoms with Crippen LogP contribution in [0.1, 0.15) is 39.5 Å². The minimum absolute atomic E-state index is 0.129. The summed E-state index contributed by atoms with van der Waals surface area (Å²) in [6.07, 6.45) is 2.16. The van der Waals surface area contributed by atoms with Crippen molar-refractivity contribution in [2.24, 2.45) is 0 Å². The molecule has 2 heterocycles. The second kappa shape index (κ2) is 7.45. The van der Waals surface area contributed by atoms with E-state index in [2.05, 4.69) is 15.6 Å². The third-order valence-corrected chi connectivity index (χ3v) is 4.40. The van der Waals surface area contributed by atoms with Crippen molar-refractivity contribution in [3.05, 3.63) is 58.7 Å². The van der Waals surface area contributed by atoms with Gasteiger partial charge in [-0.25, -0.2) is 9.48 Å². The number of benzene rings is 1. The third-order valence-electron chi connectivity index (χ3n) is 4.40. The molecule has 0 atom stereocenters. The summed E-state index contributed by atoms with van der Waals surface area (Å²) in [6.45, 7) is 5.37. The molecule has 0 saturated carbocycles. The maximum Gasteiger partial charge on any atom is 0.339 e. The van der Waals surface area contributed by atoms with Gasteiger partial charge < -0.3 is 14.9 Å². The molecule has 0 saturated heterocycles. The van der Waals surface area contributed by atoms with E-state index in [-0.39, 0.29) is 11.5 Å². The summed E-state index contributed by atoms with van der Waals surface area (Å²) in [6, 6.07) is 7.10. The maximum absolute atomic E-state index is 12.3. The smallest absolute Gasteiger partial charge is 0.339 e. The molecule has 8 nitrogen and oxygen atoms in total. The molecule has 0 fully saturated rings. The number of nitrogens with zero attached hydrogens (tertiary/aromatic N) is 3. The normalized spacial score (nSPS) is 10.8. The zero-order valence-corrected chi connectivity index (χ0v) is 15.3. The van der Waals surface area contributed by atoms with E-state index >= 15 is 0 Å². The minimum atomic E-state index is -1.03. The van der Waals surface area contributed by atoms with Gasteiger partial charge in [-0.3, -0.25) is 4.79 Å². The van der Waals surface area contributed by atoms with E-state index in [1.807, 2.05) is 13.8 Å². The maximum atomic E-state index is 12.3. The van der Waals surface area contributed by atoms with Gasteiger partial charge in [-0.05, 0) is 45.4 Å². The first-order chi connectivity index (χ1) is 12.9. The van der Waals surface area contributed by atoms with Crippen LogP contribution in [0, 0.1) is 20.8 Å². The molecule has 0 aliphatic heterocycles. The summed E-state index contributed by atoms with van der Waals surface area (Å²) in [7, 11) is 0. The predicted molar refractivity (Wildman–Crippen MR) is 98.2 cm³/mol. The molecule has 0 bridgehead atoms. The minimum Gasteiger partial charge on any atom is -0.478 e. The van der Waals surface area contributed by atoms with E-state index < -0.39 is 5.97 Å². The first kappa shape index (κ1) is 18.4. The van der Waals surface area contributed by atoms with E-state index in [9.17, 15) is 9.59 Å². The van der Waals surface area contributed by atoms with Crippen LogP contribution in [0.4, 0.5) is 5.69 Å². The van der Waals surface area contributed by atoms with Crippen LogP contribution in [0.5, 0.6) is 0 Å². The van der Waals surface area contributed by atoms with Crippen LogP contribution in [0.3, 0.4) is 0 Å². The van der Waals surface area contributed by atoms with Crippen molar-refractivity contribution >= 4 is 17.6 Å². The topological polar surface area (TPSA) is 110 Å². The first-order valence-corrected chi connectivity index (χ1v) is 8.46. The Labute approximate surface area is 155 Å². The zero-order chi connectivity index (χ0) is 19.6. The van der Waals surface area contributed by atoms with Crippen LogP contribution in [-0.2, 0) is 11.2 Å². The molecule has 2 N–H and O–H groups in total. The van der Waals surface area contributed by atoms with Gasteiger partial charge in [0.1, 0.15) is 11.3 Å². The van der Waals surface area contributed by atoms with Crippen LogP contribution >= 0.6 is 0 Å². The second-order valence-electron chi connectivity index (χ2n) is 6.26. The number of amides is 1. The second-order valence-corrected chi connectivity index (χ2v) is 6.26. The van der Waals surface area contributed by atoms with Gasteiger partial charge in [0.2, 0.25) is 5.91 Å². The quantitative estimate of drug-likeness (QED) is 0.692. The highest BCUT2D eigenvalue weighted by molar-refractivity contribution is 5.91. The Hall–Kier alpha value is -3.42. The summed E-state index contributed by atoms with van der Waals surface area (Å²) in [4.78, 5) is 23.5. The van der Waals surface area contributed by atoms with Gasteiger partial charge in [0.25, 0.3) is 0 Å². The largest absolute Gasteiger partial charge is 0.478 e. The molecular formula is C19H20N4O4. The van der Waals surface area contributed by atoms with Gasteiger partial charge in [0.05, 0.1) is 23.3 Å². The van der Waals surface area contributed by atoms with Gasteiger partial charge in [-0.2, -0.15) is 5.10 Å². The summed E-state index contributed by atoms with van der Waals surface area (Å²) in [5, 5.41) is 20.0. The lowest BCUT2D eigenvalue weighted by molar-refractivity contribution is -0.116. The van der Waals surface area contributed by atoms with Crippen LogP contribution < -0.4 is 5.32 Å². The molecule has 0 aliphatic rings.